The standard InChI is InChI=1S/C16H21N3/c1-3-19-15(8-12(2)18-19)9-14-11-17-10-13-6-4-5-7-16(13)14/h4-8,14,17H,3,9-11H2,1-2H3. The first-order valence-corrected chi connectivity index (χ1v) is 7.09. The van der Waals surface area contributed by atoms with E-state index in [-0.39, 0.29) is 0 Å². The molecular formula is C16H21N3. The molecule has 1 aromatic carbocycles. The minimum atomic E-state index is 0.561. The fraction of sp³-hybridized carbons (Fsp3) is 0.438. The van der Waals surface area contributed by atoms with Crippen LogP contribution in [0, 0.1) is 6.92 Å². The summed E-state index contributed by atoms with van der Waals surface area (Å²) >= 11 is 0. The summed E-state index contributed by atoms with van der Waals surface area (Å²) in [6.45, 7) is 7.24. The van der Waals surface area contributed by atoms with Crippen molar-refractivity contribution in [2.75, 3.05) is 6.54 Å². The van der Waals surface area contributed by atoms with E-state index in [0.717, 1.165) is 31.7 Å². The Hall–Kier alpha value is -1.61. The lowest BCUT2D eigenvalue weighted by Gasteiger charge is -2.26. The lowest BCUT2D eigenvalue weighted by molar-refractivity contribution is 0.515. The molecule has 1 unspecified atom stereocenters. The molecule has 1 atom stereocenters. The number of hydrogen-bond acceptors (Lipinski definition) is 2. The molecule has 0 bridgehead atoms. The molecule has 2 aromatic rings. The summed E-state index contributed by atoms with van der Waals surface area (Å²) in [6, 6.07) is 11.0. The minimum absolute atomic E-state index is 0.561. The highest BCUT2D eigenvalue weighted by Gasteiger charge is 2.21. The summed E-state index contributed by atoms with van der Waals surface area (Å²) < 4.78 is 2.13. The van der Waals surface area contributed by atoms with E-state index < -0.39 is 0 Å². The van der Waals surface area contributed by atoms with Crippen molar-refractivity contribution in [3.8, 4) is 0 Å². The van der Waals surface area contributed by atoms with Crippen molar-refractivity contribution in [3.05, 3.63) is 52.8 Å². The Labute approximate surface area is 114 Å². The fourth-order valence-electron chi connectivity index (χ4n) is 3.06. The molecule has 0 saturated heterocycles. The average Bonchev–Trinajstić information content (AvgIpc) is 2.79. The highest BCUT2D eigenvalue weighted by molar-refractivity contribution is 5.33. The first-order valence-electron chi connectivity index (χ1n) is 7.09. The maximum absolute atomic E-state index is 4.55. The summed E-state index contributed by atoms with van der Waals surface area (Å²) in [5.74, 6) is 0.561. The lowest BCUT2D eigenvalue weighted by Crippen LogP contribution is -2.29. The second kappa shape index (κ2) is 5.17. The van der Waals surface area contributed by atoms with Gasteiger partial charge in [0.15, 0.2) is 0 Å². The van der Waals surface area contributed by atoms with Crippen molar-refractivity contribution in [2.24, 2.45) is 0 Å². The smallest absolute Gasteiger partial charge is 0.0596 e. The third-order valence-electron chi connectivity index (χ3n) is 3.94. The van der Waals surface area contributed by atoms with Gasteiger partial charge < -0.3 is 5.32 Å². The molecule has 0 radical (unpaired) electrons. The van der Waals surface area contributed by atoms with Crippen LogP contribution in [0.5, 0.6) is 0 Å². The SMILES string of the molecule is CCn1nc(C)cc1CC1CNCc2ccccc21. The number of benzene rings is 1. The summed E-state index contributed by atoms with van der Waals surface area (Å²) in [5.41, 5.74) is 5.41. The minimum Gasteiger partial charge on any atom is -0.312 e. The van der Waals surface area contributed by atoms with Crippen molar-refractivity contribution in [3.63, 3.8) is 0 Å². The van der Waals surface area contributed by atoms with Crippen LogP contribution < -0.4 is 5.32 Å². The molecule has 100 valence electrons. The number of fused-ring (bicyclic) bond motifs is 1. The predicted octanol–water partition coefficient (Wildman–Crippen LogP) is 2.64. The molecule has 0 amide bonds. The molecule has 0 saturated carbocycles. The molecule has 3 rings (SSSR count). The second-order valence-electron chi connectivity index (χ2n) is 5.32. The first kappa shape index (κ1) is 12.4. The largest absolute Gasteiger partial charge is 0.312 e. The normalized spacial score (nSPS) is 18.3. The van der Waals surface area contributed by atoms with Crippen LogP contribution in [0.2, 0.25) is 0 Å². The number of nitrogens with one attached hydrogen (secondary N) is 1. The van der Waals surface area contributed by atoms with Crippen LogP contribution >= 0.6 is 0 Å². The molecule has 3 heteroatoms. The van der Waals surface area contributed by atoms with E-state index >= 15 is 0 Å². The Morgan fingerprint density at radius 1 is 1.37 bits per heavy atom. The van der Waals surface area contributed by atoms with E-state index in [2.05, 4.69) is 59.3 Å². The Balaban J connectivity index is 1.88. The Morgan fingerprint density at radius 3 is 3.05 bits per heavy atom. The van der Waals surface area contributed by atoms with Gasteiger partial charge in [0.2, 0.25) is 0 Å². The van der Waals surface area contributed by atoms with Crippen molar-refractivity contribution in [1.82, 2.24) is 15.1 Å². The van der Waals surface area contributed by atoms with Crippen LogP contribution in [0.15, 0.2) is 30.3 Å². The fourth-order valence-corrected chi connectivity index (χ4v) is 3.06. The molecule has 1 aliphatic heterocycles. The molecule has 0 aliphatic carbocycles. The monoisotopic (exact) mass is 255 g/mol. The van der Waals surface area contributed by atoms with E-state index in [9.17, 15) is 0 Å². The molecule has 2 heterocycles. The number of nitrogens with zero attached hydrogens (tertiary/aromatic N) is 2. The summed E-state index contributed by atoms with van der Waals surface area (Å²) in [4.78, 5) is 0. The zero-order valence-electron chi connectivity index (χ0n) is 11.7. The van der Waals surface area contributed by atoms with Gasteiger partial charge in [-0.25, -0.2) is 0 Å². The number of aryl methyl sites for hydroxylation is 2. The van der Waals surface area contributed by atoms with Gasteiger partial charge in [-0.1, -0.05) is 24.3 Å². The lowest BCUT2D eigenvalue weighted by atomic mass is 9.87. The van der Waals surface area contributed by atoms with Gasteiger partial charge >= 0.3 is 0 Å². The van der Waals surface area contributed by atoms with E-state index in [1.807, 2.05) is 0 Å². The van der Waals surface area contributed by atoms with Gasteiger partial charge in [0, 0.05) is 31.2 Å². The van der Waals surface area contributed by atoms with Crippen LogP contribution in [0.4, 0.5) is 0 Å². The molecule has 19 heavy (non-hydrogen) atoms. The topological polar surface area (TPSA) is 29.9 Å². The van der Waals surface area contributed by atoms with Crippen LogP contribution in [0.3, 0.4) is 0 Å². The van der Waals surface area contributed by atoms with Crippen molar-refractivity contribution in [1.29, 1.82) is 0 Å². The summed E-state index contributed by atoms with van der Waals surface area (Å²) in [6.07, 6.45) is 1.07. The number of hydrogen-bond donors (Lipinski definition) is 1. The molecule has 1 N–H and O–H groups in total. The highest BCUT2D eigenvalue weighted by atomic mass is 15.3. The zero-order valence-corrected chi connectivity index (χ0v) is 11.7. The van der Waals surface area contributed by atoms with Gasteiger partial charge in [-0.2, -0.15) is 5.10 Å². The quantitative estimate of drug-likeness (QED) is 0.913. The molecule has 1 aromatic heterocycles. The second-order valence-corrected chi connectivity index (χ2v) is 5.32. The van der Waals surface area contributed by atoms with E-state index in [1.54, 1.807) is 0 Å². The zero-order chi connectivity index (χ0) is 13.2. The first-order chi connectivity index (χ1) is 9.28. The van der Waals surface area contributed by atoms with Crippen molar-refractivity contribution >= 4 is 0 Å². The van der Waals surface area contributed by atoms with Crippen LogP contribution in [0.1, 0.15) is 35.4 Å². The Bertz CT molecular complexity index is 571. The van der Waals surface area contributed by atoms with Crippen molar-refractivity contribution in [2.45, 2.75) is 39.3 Å². The van der Waals surface area contributed by atoms with Gasteiger partial charge in [0.25, 0.3) is 0 Å². The Kier molecular flexibility index (Phi) is 3.38. The maximum atomic E-state index is 4.55. The molecule has 0 fully saturated rings. The highest BCUT2D eigenvalue weighted by Crippen LogP contribution is 2.27. The predicted molar refractivity (Wildman–Crippen MR) is 77.2 cm³/mol. The average molecular weight is 255 g/mol. The molecule has 3 nitrogen and oxygen atoms in total. The maximum Gasteiger partial charge on any atom is 0.0596 e. The van der Waals surface area contributed by atoms with Gasteiger partial charge in [-0.05, 0) is 37.5 Å². The van der Waals surface area contributed by atoms with Gasteiger partial charge in [0.1, 0.15) is 0 Å². The van der Waals surface area contributed by atoms with Crippen LogP contribution in [-0.4, -0.2) is 16.3 Å². The third-order valence-corrected chi connectivity index (χ3v) is 3.94. The summed E-state index contributed by atoms with van der Waals surface area (Å²) in [5, 5.41) is 8.07. The van der Waals surface area contributed by atoms with Crippen molar-refractivity contribution < 1.29 is 0 Å². The van der Waals surface area contributed by atoms with Gasteiger partial charge in [0.05, 0.1) is 5.69 Å². The van der Waals surface area contributed by atoms with E-state index in [0.29, 0.717) is 5.92 Å². The number of aromatic nitrogens is 2. The molecule has 0 spiro atoms. The van der Waals surface area contributed by atoms with Gasteiger partial charge in [-0.3, -0.25) is 4.68 Å². The van der Waals surface area contributed by atoms with Crippen LogP contribution in [0.25, 0.3) is 0 Å². The molecule has 1 aliphatic rings. The Morgan fingerprint density at radius 2 is 2.21 bits per heavy atom. The van der Waals surface area contributed by atoms with Crippen LogP contribution in [-0.2, 0) is 19.5 Å². The number of rotatable bonds is 3. The summed E-state index contributed by atoms with van der Waals surface area (Å²) in [7, 11) is 0. The van der Waals surface area contributed by atoms with E-state index in [4.69, 9.17) is 0 Å². The van der Waals surface area contributed by atoms with Gasteiger partial charge in [-0.15, -0.1) is 0 Å². The third kappa shape index (κ3) is 2.43. The van der Waals surface area contributed by atoms with E-state index in [1.165, 1.54) is 16.8 Å². The molecular weight excluding hydrogens is 234 g/mol.